The minimum absolute atomic E-state index is 0.262. The number of hydrogen-bond acceptors (Lipinski definition) is 2. The molecule has 0 bridgehead atoms. The Bertz CT molecular complexity index is 714. The van der Waals surface area contributed by atoms with Gasteiger partial charge in [0.15, 0.2) is 0 Å². The third kappa shape index (κ3) is 2.81. The molecule has 22 heavy (non-hydrogen) atoms. The van der Waals surface area contributed by atoms with Crippen LogP contribution in [0.4, 0.5) is 13.2 Å². The van der Waals surface area contributed by atoms with Gasteiger partial charge in [0.05, 0.1) is 0 Å². The standard InChI is InChI=1S/C16H12ClF3N2/c17-15-13(5-3-9-21-15)11-7-8-12-4-1-2-6-14(16(18,19)20)22(12)10-11/h3-10H,1-2H2. The number of allylic oxidation sites excluding steroid dienone is 6. The molecule has 0 amide bonds. The average Bonchev–Trinajstić information content (AvgIpc) is 2.69. The first-order chi connectivity index (χ1) is 10.5. The van der Waals surface area contributed by atoms with E-state index in [0.717, 1.165) is 0 Å². The zero-order chi connectivity index (χ0) is 15.7. The van der Waals surface area contributed by atoms with E-state index in [9.17, 15) is 13.2 Å². The predicted molar refractivity (Wildman–Crippen MR) is 79.7 cm³/mol. The van der Waals surface area contributed by atoms with Crippen molar-refractivity contribution in [1.29, 1.82) is 0 Å². The molecule has 2 aliphatic rings. The number of pyridine rings is 1. The van der Waals surface area contributed by atoms with Gasteiger partial charge in [0.25, 0.3) is 0 Å². The van der Waals surface area contributed by atoms with Gasteiger partial charge in [0.1, 0.15) is 10.9 Å². The van der Waals surface area contributed by atoms with Crippen LogP contribution in [0.15, 0.2) is 60.2 Å². The van der Waals surface area contributed by atoms with Crippen molar-refractivity contribution in [2.45, 2.75) is 19.0 Å². The maximum atomic E-state index is 13.3. The van der Waals surface area contributed by atoms with Crippen LogP contribution in [-0.2, 0) is 0 Å². The monoisotopic (exact) mass is 324 g/mol. The van der Waals surface area contributed by atoms with Crippen LogP contribution < -0.4 is 0 Å². The molecule has 3 heterocycles. The number of halogens is 4. The summed E-state index contributed by atoms with van der Waals surface area (Å²) in [5.41, 5.74) is 1.04. The molecule has 6 heteroatoms. The van der Waals surface area contributed by atoms with Gasteiger partial charge in [-0.1, -0.05) is 29.8 Å². The number of nitrogens with zero attached hydrogens (tertiary/aromatic N) is 2. The lowest BCUT2D eigenvalue weighted by molar-refractivity contribution is -0.105. The quantitative estimate of drug-likeness (QED) is 0.670. The minimum atomic E-state index is -4.41. The van der Waals surface area contributed by atoms with E-state index >= 15 is 0 Å². The van der Waals surface area contributed by atoms with Crippen LogP contribution in [0.25, 0.3) is 5.57 Å². The second kappa shape index (κ2) is 5.65. The van der Waals surface area contributed by atoms with Crippen LogP contribution in [0.3, 0.4) is 0 Å². The smallest absolute Gasteiger partial charge is 0.313 e. The van der Waals surface area contributed by atoms with Gasteiger partial charge >= 0.3 is 6.18 Å². The third-order valence-electron chi connectivity index (χ3n) is 3.46. The lowest BCUT2D eigenvalue weighted by atomic mass is 10.0. The van der Waals surface area contributed by atoms with Crippen molar-refractivity contribution in [1.82, 2.24) is 9.88 Å². The molecule has 0 N–H and O–H groups in total. The molecule has 0 atom stereocenters. The fourth-order valence-electron chi connectivity index (χ4n) is 2.45. The van der Waals surface area contributed by atoms with E-state index < -0.39 is 11.9 Å². The van der Waals surface area contributed by atoms with Gasteiger partial charge in [-0.15, -0.1) is 0 Å². The lowest BCUT2D eigenvalue weighted by Crippen LogP contribution is -2.27. The van der Waals surface area contributed by atoms with Gasteiger partial charge in [-0.2, -0.15) is 13.2 Å². The Hall–Kier alpha value is -2.01. The lowest BCUT2D eigenvalue weighted by Gasteiger charge is -2.29. The van der Waals surface area contributed by atoms with E-state index in [0.29, 0.717) is 29.7 Å². The number of alkyl halides is 3. The topological polar surface area (TPSA) is 16.1 Å². The molecular weight excluding hydrogens is 313 g/mol. The van der Waals surface area contributed by atoms with Gasteiger partial charge in [0, 0.05) is 29.2 Å². The fourth-order valence-corrected chi connectivity index (χ4v) is 2.68. The highest BCUT2D eigenvalue weighted by molar-refractivity contribution is 6.31. The van der Waals surface area contributed by atoms with Gasteiger partial charge in [-0.05, 0) is 31.1 Å². The number of fused-ring (bicyclic) bond motifs is 1. The van der Waals surface area contributed by atoms with Crippen molar-refractivity contribution in [2.24, 2.45) is 0 Å². The van der Waals surface area contributed by atoms with Crippen molar-refractivity contribution in [2.75, 3.05) is 0 Å². The van der Waals surface area contributed by atoms with Crippen LogP contribution in [0.1, 0.15) is 18.4 Å². The summed E-state index contributed by atoms with van der Waals surface area (Å²) in [4.78, 5) is 5.14. The number of rotatable bonds is 1. The summed E-state index contributed by atoms with van der Waals surface area (Å²) in [6, 6.07) is 3.43. The van der Waals surface area contributed by atoms with Crippen molar-refractivity contribution in [3.63, 3.8) is 0 Å². The Kier molecular flexibility index (Phi) is 3.83. The summed E-state index contributed by atoms with van der Waals surface area (Å²) in [6.45, 7) is 0. The molecule has 1 aromatic rings. The maximum Gasteiger partial charge on any atom is 0.431 e. The molecule has 0 unspecified atom stereocenters. The highest BCUT2D eigenvalue weighted by Crippen LogP contribution is 2.38. The van der Waals surface area contributed by atoms with Crippen LogP contribution in [0.5, 0.6) is 0 Å². The van der Waals surface area contributed by atoms with Crippen molar-refractivity contribution < 1.29 is 13.2 Å². The molecule has 0 aliphatic carbocycles. The van der Waals surface area contributed by atoms with E-state index in [1.807, 2.05) is 0 Å². The molecule has 1 aromatic heterocycles. The molecule has 0 spiro atoms. The Morgan fingerprint density at radius 2 is 1.91 bits per heavy atom. The van der Waals surface area contributed by atoms with Gasteiger partial charge in [-0.3, -0.25) is 0 Å². The molecule has 2 aliphatic heterocycles. The number of hydrogen-bond donors (Lipinski definition) is 0. The molecule has 2 nitrogen and oxygen atoms in total. The fraction of sp³-hybridized carbons (Fsp3) is 0.188. The van der Waals surface area contributed by atoms with Crippen LogP contribution >= 0.6 is 11.6 Å². The molecule has 0 radical (unpaired) electrons. The van der Waals surface area contributed by atoms with Crippen molar-refractivity contribution in [3.8, 4) is 0 Å². The molecule has 114 valence electrons. The van der Waals surface area contributed by atoms with Crippen LogP contribution in [0, 0.1) is 0 Å². The third-order valence-corrected chi connectivity index (χ3v) is 3.76. The second-order valence-electron chi connectivity index (χ2n) is 4.92. The summed E-state index contributed by atoms with van der Waals surface area (Å²) in [5, 5.41) is 0.262. The van der Waals surface area contributed by atoms with E-state index in [1.165, 1.54) is 23.4 Å². The SMILES string of the molecule is FC(F)(F)C1=CCCC=C2C=CC(c3cccnc3Cl)=CN21. The van der Waals surface area contributed by atoms with Gasteiger partial charge in [-0.25, -0.2) is 4.98 Å². The zero-order valence-corrected chi connectivity index (χ0v) is 12.2. The summed E-state index contributed by atoms with van der Waals surface area (Å²) in [7, 11) is 0. The first-order valence-electron chi connectivity index (χ1n) is 6.74. The Labute approximate surface area is 130 Å². The second-order valence-corrected chi connectivity index (χ2v) is 5.28. The highest BCUT2D eigenvalue weighted by Gasteiger charge is 2.39. The molecule has 0 saturated carbocycles. The normalized spacial score (nSPS) is 18.2. The average molecular weight is 325 g/mol. The van der Waals surface area contributed by atoms with Gasteiger partial charge < -0.3 is 4.90 Å². The zero-order valence-electron chi connectivity index (χ0n) is 11.4. The molecule has 0 aromatic carbocycles. The Balaban J connectivity index is 2.07. The predicted octanol–water partition coefficient (Wildman–Crippen LogP) is 5.07. The van der Waals surface area contributed by atoms with Crippen LogP contribution in [0.2, 0.25) is 5.15 Å². The van der Waals surface area contributed by atoms with Crippen molar-refractivity contribution >= 4 is 17.2 Å². The van der Waals surface area contributed by atoms with E-state index in [4.69, 9.17) is 11.6 Å². The van der Waals surface area contributed by atoms with E-state index in [1.54, 1.807) is 30.4 Å². The maximum absolute atomic E-state index is 13.3. The first kappa shape index (κ1) is 14.9. The summed E-state index contributed by atoms with van der Waals surface area (Å²) >= 11 is 6.04. The first-order valence-corrected chi connectivity index (χ1v) is 7.12. The van der Waals surface area contributed by atoms with Crippen molar-refractivity contribution in [3.05, 3.63) is 70.9 Å². The summed E-state index contributed by atoms with van der Waals surface area (Å²) < 4.78 is 39.8. The molecule has 0 fully saturated rings. The highest BCUT2D eigenvalue weighted by atomic mass is 35.5. The molecule has 0 saturated heterocycles. The summed E-state index contributed by atoms with van der Waals surface area (Å²) in [5.74, 6) is 0. The molecule has 3 rings (SSSR count). The largest absolute Gasteiger partial charge is 0.431 e. The van der Waals surface area contributed by atoms with E-state index in [2.05, 4.69) is 4.98 Å². The number of aromatic nitrogens is 1. The van der Waals surface area contributed by atoms with Crippen LogP contribution in [-0.4, -0.2) is 16.1 Å². The Morgan fingerprint density at radius 1 is 1.14 bits per heavy atom. The van der Waals surface area contributed by atoms with E-state index in [-0.39, 0.29) is 5.15 Å². The summed E-state index contributed by atoms with van der Waals surface area (Å²) in [6.07, 6.45) is 5.97. The minimum Gasteiger partial charge on any atom is -0.313 e. The Morgan fingerprint density at radius 3 is 2.64 bits per heavy atom. The van der Waals surface area contributed by atoms with Gasteiger partial charge in [0.2, 0.25) is 0 Å². The molecular formula is C16H12ClF3N2.